The maximum Gasteiger partial charge on any atom is 0.243 e. The van der Waals surface area contributed by atoms with Crippen LogP contribution in [0, 0.1) is 0 Å². The van der Waals surface area contributed by atoms with Crippen molar-refractivity contribution >= 4 is 15.8 Å². The number of hydrogen-bond acceptors (Lipinski definition) is 5. The normalized spacial score (nSPS) is 15.2. The minimum absolute atomic E-state index is 0.358. The molecule has 31 heavy (non-hydrogen) atoms. The van der Waals surface area contributed by atoms with Crippen LogP contribution < -0.4 is 4.90 Å². The fourth-order valence-corrected chi connectivity index (χ4v) is 5.18. The van der Waals surface area contributed by atoms with Crippen molar-refractivity contribution in [2.45, 2.75) is 31.6 Å². The first-order chi connectivity index (χ1) is 15.0. The van der Waals surface area contributed by atoms with Crippen molar-refractivity contribution in [3.05, 3.63) is 71.8 Å². The molecule has 7 heteroatoms. The topological polar surface area (TPSA) is 66.4 Å². The molecule has 0 atom stereocenters. The summed E-state index contributed by atoms with van der Waals surface area (Å²) < 4.78 is 27.5. The second-order valence-corrected chi connectivity index (χ2v) is 9.65. The molecule has 0 amide bonds. The number of aromatic nitrogens is 2. The Balaban J connectivity index is 1.41. The Bertz CT molecular complexity index is 1100. The number of sulfonamides is 1. The van der Waals surface area contributed by atoms with Crippen LogP contribution in [0.25, 0.3) is 11.3 Å². The lowest BCUT2D eigenvalue weighted by Gasteiger charge is -2.34. The third-order valence-electron chi connectivity index (χ3n) is 5.84. The van der Waals surface area contributed by atoms with Gasteiger partial charge in [0.15, 0.2) is 5.82 Å². The predicted octanol–water partition coefficient (Wildman–Crippen LogP) is 3.78. The van der Waals surface area contributed by atoms with Crippen LogP contribution in [0.2, 0.25) is 0 Å². The van der Waals surface area contributed by atoms with E-state index < -0.39 is 10.0 Å². The largest absolute Gasteiger partial charge is 0.352 e. The van der Waals surface area contributed by atoms with Crippen LogP contribution in [0.1, 0.15) is 25.0 Å². The van der Waals surface area contributed by atoms with Gasteiger partial charge in [0.1, 0.15) is 0 Å². The second-order valence-electron chi connectivity index (χ2n) is 7.72. The molecular weight excluding hydrogens is 408 g/mol. The van der Waals surface area contributed by atoms with Crippen molar-refractivity contribution in [1.82, 2.24) is 14.5 Å². The maximum absolute atomic E-state index is 13.0. The summed E-state index contributed by atoms with van der Waals surface area (Å²) in [6.45, 7) is 6.23. The van der Waals surface area contributed by atoms with Gasteiger partial charge in [0.05, 0.1) is 10.6 Å². The van der Waals surface area contributed by atoms with E-state index in [1.807, 2.05) is 24.3 Å². The number of aryl methyl sites for hydroxylation is 2. The number of rotatable bonds is 6. The van der Waals surface area contributed by atoms with Gasteiger partial charge in [-0.15, -0.1) is 10.2 Å². The average molecular weight is 437 g/mol. The van der Waals surface area contributed by atoms with E-state index in [-0.39, 0.29) is 0 Å². The van der Waals surface area contributed by atoms with Gasteiger partial charge in [-0.05, 0) is 48.2 Å². The van der Waals surface area contributed by atoms with Crippen molar-refractivity contribution in [2.24, 2.45) is 0 Å². The van der Waals surface area contributed by atoms with E-state index in [2.05, 4.69) is 53.2 Å². The van der Waals surface area contributed by atoms with Gasteiger partial charge in [0.2, 0.25) is 10.0 Å². The van der Waals surface area contributed by atoms with E-state index in [0.717, 1.165) is 35.5 Å². The Kier molecular flexibility index (Phi) is 6.34. The van der Waals surface area contributed by atoms with E-state index in [9.17, 15) is 8.42 Å². The molecule has 4 rings (SSSR count). The van der Waals surface area contributed by atoms with Gasteiger partial charge in [0.25, 0.3) is 0 Å². The summed E-state index contributed by atoms with van der Waals surface area (Å²) in [5.74, 6) is 0.776. The summed E-state index contributed by atoms with van der Waals surface area (Å²) in [6, 6.07) is 19.5. The minimum Gasteiger partial charge on any atom is -0.352 e. The Morgan fingerprint density at radius 3 is 1.84 bits per heavy atom. The summed E-state index contributed by atoms with van der Waals surface area (Å²) >= 11 is 0. The molecule has 162 valence electrons. The number of nitrogens with zero attached hydrogens (tertiary/aromatic N) is 4. The molecule has 0 bridgehead atoms. The standard InChI is InChI=1S/C24H28N4O2S/c1-3-19-5-9-21(10-6-19)23-13-14-24(26-25-23)27-15-17-28(18-16-27)31(29,30)22-11-7-20(4-2)8-12-22/h5-14H,3-4,15-18H2,1-2H3. The molecule has 0 spiro atoms. The molecule has 2 aromatic carbocycles. The van der Waals surface area contributed by atoms with Gasteiger partial charge in [0, 0.05) is 31.7 Å². The molecule has 1 aliphatic heterocycles. The third kappa shape index (κ3) is 4.62. The van der Waals surface area contributed by atoms with Gasteiger partial charge in [-0.25, -0.2) is 8.42 Å². The van der Waals surface area contributed by atoms with Crippen molar-refractivity contribution in [3.63, 3.8) is 0 Å². The average Bonchev–Trinajstić information content (AvgIpc) is 2.84. The van der Waals surface area contributed by atoms with Gasteiger partial charge in [-0.3, -0.25) is 0 Å². The molecule has 1 saturated heterocycles. The molecule has 6 nitrogen and oxygen atoms in total. The third-order valence-corrected chi connectivity index (χ3v) is 7.75. The van der Waals surface area contributed by atoms with E-state index in [1.165, 1.54) is 5.56 Å². The van der Waals surface area contributed by atoms with Crippen molar-refractivity contribution in [1.29, 1.82) is 0 Å². The first-order valence-electron chi connectivity index (χ1n) is 10.8. The fraction of sp³-hybridized carbons (Fsp3) is 0.333. The van der Waals surface area contributed by atoms with Crippen LogP contribution >= 0.6 is 0 Å². The Morgan fingerprint density at radius 1 is 0.742 bits per heavy atom. The van der Waals surface area contributed by atoms with Gasteiger partial charge in [-0.2, -0.15) is 4.31 Å². The molecule has 1 fully saturated rings. The van der Waals surface area contributed by atoms with Crippen LogP contribution in [0.15, 0.2) is 65.6 Å². The summed E-state index contributed by atoms with van der Waals surface area (Å²) in [6.07, 6.45) is 1.90. The monoisotopic (exact) mass is 436 g/mol. The summed E-state index contributed by atoms with van der Waals surface area (Å²) in [4.78, 5) is 2.44. The molecule has 2 heterocycles. The van der Waals surface area contributed by atoms with Crippen molar-refractivity contribution < 1.29 is 8.42 Å². The zero-order valence-corrected chi connectivity index (χ0v) is 18.8. The Morgan fingerprint density at radius 2 is 1.32 bits per heavy atom. The lowest BCUT2D eigenvalue weighted by molar-refractivity contribution is 0.383. The minimum atomic E-state index is -3.47. The van der Waals surface area contributed by atoms with Crippen LogP contribution in [0.3, 0.4) is 0 Å². The number of anilines is 1. The molecule has 0 unspecified atom stereocenters. The summed E-state index contributed by atoms with van der Waals surface area (Å²) in [7, 11) is -3.47. The van der Waals surface area contributed by atoms with Crippen LogP contribution in [0.4, 0.5) is 5.82 Å². The van der Waals surface area contributed by atoms with Crippen LogP contribution in [-0.4, -0.2) is 49.1 Å². The first kappa shape index (κ1) is 21.5. The molecule has 1 aliphatic rings. The molecule has 3 aromatic rings. The van der Waals surface area contributed by atoms with Crippen LogP contribution in [0.5, 0.6) is 0 Å². The smallest absolute Gasteiger partial charge is 0.243 e. The number of piperazine rings is 1. The maximum atomic E-state index is 13.0. The van der Waals surface area contributed by atoms with Crippen molar-refractivity contribution in [3.8, 4) is 11.3 Å². The van der Waals surface area contributed by atoms with Crippen LogP contribution in [-0.2, 0) is 22.9 Å². The predicted molar refractivity (Wildman–Crippen MR) is 124 cm³/mol. The first-order valence-corrected chi connectivity index (χ1v) is 12.2. The van der Waals surface area contributed by atoms with E-state index in [0.29, 0.717) is 31.1 Å². The molecule has 0 N–H and O–H groups in total. The molecular formula is C24H28N4O2S. The SMILES string of the molecule is CCc1ccc(-c2ccc(N3CCN(S(=O)(=O)c4ccc(CC)cc4)CC3)nn2)cc1. The van der Waals surface area contributed by atoms with E-state index >= 15 is 0 Å². The molecule has 0 aliphatic carbocycles. The van der Waals surface area contributed by atoms with E-state index in [4.69, 9.17) is 0 Å². The molecule has 0 radical (unpaired) electrons. The summed E-state index contributed by atoms with van der Waals surface area (Å²) in [5, 5.41) is 8.78. The Labute approximate surface area is 184 Å². The summed E-state index contributed by atoms with van der Waals surface area (Å²) in [5.41, 5.74) is 4.30. The highest BCUT2D eigenvalue weighted by Gasteiger charge is 2.29. The molecule has 0 saturated carbocycles. The highest BCUT2D eigenvalue weighted by Crippen LogP contribution is 2.22. The van der Waals surface area contributed by atoms with Gasteiger partial charge in [-0.1, -0.05) is 50.2 Å². The van der Waals surface area contributed by atoms with Crippen molar-refractivity contribution in [2.75, 3.05) is 31.1 Å². The van der Waals surface area contributed by atoms with E-state index in [1.54, 1.807) is 16.4 Å². The lowest BCUT2D eigenvalue weighted by Crippen LogP contribution is -2.49. The number of hydrogen-bond donors (Lipinski definition) is 0. The molecule has 1 aromatic heterocycles. The zero-order chi connectivity index (χ0) is 21.8. The van der Waals surface area contributed by atoms with Gasteiger partial charge >= 0.3 is 0 Å². The Hall–Kier alpha value is -2.77. The van der Waals surface area contributed by atoms with Gasteiger partial charge < -0.3 is 4.90 Å². The quantitative estimate of drug-likeness (QED) is 0.588. The lowest BCUT2D eigenvalue weighted by atomic mass is 10.1. The zero-order valence-electron chi connectivity index (χ0n) is 18.0. The fourth-order valence-electron chi connectivity index (χ4n) is 3.76. The second kappa shape index (κ2) is 9.16. The highest BCUT2D eigenvalue weighted by atomic mass is 32.2. The highest BCUT2D eigenvalue weighted by molar-refractivity contribution is 7.89. The number of benzene rings is 2.